The summed E-state index contributed by atoms with van der Waals surface area (Å²) in [5.41, 5.74) is 2.46. The summed E-state index contributed by atoms with van der Waals surface area (Å²) in [4.78, 5) is 24.4. The zero-order chi connectivity index (χ0) is 19.0. The molecule has 27 heavy (non-hydrogen) atoms. The second-order valence-corrected chi connectivity index (χ2v) is 6.36. The Morgan fingerprint density at radius 1 is 1.00 bits per heavy atom. The van der Waals surface area contributed by atoms with E-state index >= 15 is 0 Å². The molecule has 1 N–H and O–H groups in total. The Bertz CT molecular complexity index is 1070. The first-order chi connectivity index (χ1) is 13.0. The smallest absolute Gasteiger partial charge is 0.339 e. The van der Waals surface area contributed by atoms with E-state index in [1.165, 1.54) is 11.1 Å². The number of esters is 1. The number of hydrogen-bond donors (Lipinski definition) is 1. The molecule has 4 rings (SSSR count). The van der Waals surface area contributed by atoms with Gasteiger partial charge in [-0.25, -0.2) is 13.6 Å². The van der Waals surface area contributed by atoms with E-state index in [-0.39, 0.29) is 5.69 Å². The topological polar surface area (TPSA) is 55.4 Å². The first-order valence-electron chi connectivity index (χ1n) is 8.48. The molecule has 4 nitrogen and oxygen atoms in total. The lowest BCUT2D eigenvalue weighted by Crippen LogP contribution is -2.21. The van der Waals surface area contributed by atoms with Crippen LogP contribution in [0.2, 0.25) is 0 Å². The summed E-state index contributed by atoms with van der Waals surface area (Å²) in [6.45, 7) is -0.599. The molecule has 0 fully saturated rings. The van der Waals surface area contributed by atoms with Crippen molar-refractivity contribution in [1.29, 1.82) is 0 Å². The van der Waals surface area contributed by atoms with Crippen molar-refractivity contribution >= 4 is 28.3 Å². The molecule has 0 bridgehead atoms. The van der Waals surface area contributed by atoms with Crippen LogP contribution in [0.25, 0.3) is 10.8 Å². The molecule has 0 atom stereocenters. The number of benzene rings is 3. The lowest BCUT2D eigenvalue weighted by Gasteiger charge is -2.10. The van der Waals surface area contributed by atoms with Gasteiger partial charge in [0.05, 0.1) is 11.3 Å². The van der Waals surface area contributed by atoms with Gasteiger partial charge in [-0.2, -0.15) is 0 Å². The van der Waals surface area contributed by atoms with Crippen molar-refractivity contribution in [2.45, 2.75) is 12.8 Å². The van der Waals surface area contributed by atoms with Crippen LogP contribution in [0.1, 0.15) is 21.5 Å². The van der Waals surface area contributed by atoms with E-state index in [1.54, 1.807) is 6.07 Å². The van der Waals surface area contributed by atoms with Crippen molar-refractivity contribution < 1.29 is 23.1 Å². The maximum absolute atomic E-state index is 13.6. The van der Waals surface area contributed by atoms with E-state index in [0.29, 0.717) is 5.56 Å². The second-order valence-electron chi connectivity index (χ2n) is 6.36. The second kappa shape index (κ2) is 6.79. The minimum atomic E-state index is -0.774. The number of nitrogens with one attached hydrogen (secondary N) is 1. The standard InChI is InChI=1S/C21H15F2NO3/c22-14-7-9-17(23)18(10-14)24-19(25)11-27-21(26)16-8-6-13-5-4-12-2-1-3-15(16)20(12)13/h1-3,6-10H,4-5,11H2,(H,24,25). The van der Waals surface area contributed by atoms with Crippen LogP contribution in [0.4, 0.5) is 14.5 Å². The zero-order valence-corrected chi connectivity index (χ0v) is 14.2. The van der Waals surface area contributed by atoms with Gasteiger partial charge < -0.3 is 10.1 Å². The third-order valence-electron chi connectivity index (χ3n) is 4.63. The number of halogens is 2. The van der Waals surface area contributed by atoms with Gasteiger partial charge in [-0.3, -0.25) is 4.79 Å². The van der Waals surface area contributed by atoms with E-state index < -0.39 is 30.1 Å². The Hall–Kier alpha value is -3.28. The molecular weight excluding hydrogens is 352 g/mol. The minimum Gasteiger partial charge on any atom is -0.452 e. The van der Waals surface area contributed by atoms with Gasteiger partial charge in [0.1, 0.15) is 11.6 Å². The molecule has 0 spiro atoms. The fourth-order valence-electron chi connectivity index (χ4n) is 3.41. The Morgan fingerprint density at radius 3 is 2.59 bits per heavy atom. The number of aryl methyl sites for hydroxylation is 2. The first-order valence-corrected chi connectivity index (χ1v) is 8.48. The summed E-state index contributed by atoms with van der Waals surface area (Å²) in [5, 5.41) is 4.06. The predicted molar refractivity (Wildman–Crippen MR) is 96.6 cm³/mol. The molecule has 1 aliphatic rings. The van der Waals surface area contributed by atoms with E-state index in [1.807, 2.05) is 24.3 Å². The van der Waals surface area contributed by atoms with Crippen LogP contribution < -0.4 is 5.32 Å². The highest BCUT2D eigenvalue weighted by Gasteiger charge is 2.20. The summed E-state index contributed by atoms with van der Waals surface area (Å²) >= 11 is 0. The number of carbonyl (C=O) groups excluding carboxylic acids is 2. The van der Waals surface area contributed by atoms with Crippen molar-refractivity contribution in [1.82, 2.24) is 0 Å². The van der Waals surface area contributed by atoms with Crippen LogP contribution in [0.15, 0.2) is 48.5 Å². The van der Waals surface area contributed by atoms with Crippen molar-refractivity contribution in [3.63, 3.8) is 0 Å². The third kappa shape index (κ3) is 3.26. The molecule has 0 saturated heterocycles. The molecule has 1 aliphatic carbocycles. The fourth-order valence-corrected chi connectivity index (χ4v) is 3.41. The quantitative estimate of drug-likeness (QED) is 0.709. The highest BCUT2D eigenvalue weighted by atomic mass is 19.1. The Morgan fingerprint density at radius 2 is 1.78 bits per heavy atom. The number of rotatable bonds is 4. The van der Waals surface area contributed by atoms with E-state index in [9.17, 15) is 18.4 Å². The lowest BCUT2D eigenvalue weighted by atomic mass is 10.00. The monoisotopic (exact) mass is 367 g/mol. The Labute approximate surface area is 153 Å². The Kier molecular flexibility index (Phi) is 4.32. The summed E-state index contributed by atoms with van der Waals surface area (Å²) in [5.74, 6) is -2.85. The van der Waals surface area contributed by atoms with Crippen molar-refractivity contribution in [3.8, 4) is 0 Å². The van der Waals surface area contributed by atoms with Crippen LogP contribution in [-0.2, 0) is 22.4 Å². The maximum atomic E-state index is 13.6. The first kappa shape index (κ1) is 17.1. The number of anilines is 1. The van der Waals surface area contributed by atoms with Crippen LogP contribution in [0.5, 0.6) is 0 Å². The number of carbonyl (C=O) groups is 2. The van der Waals surface area contributed by atoms with Gasteiger partial charge in [0.25, 0.3) is 5.91 Å². The predicted octanol–water partition coefficient (Wildman–Crippen LogP) is 4.01. The van der Waals surface area contributed by atoms with Gasteiger partial charge in [-0.05, 0) is 52.9 Å². The molecule has 0 aliphatic heterocycles. The number of hydrogen-bond acceptors (Lipinski definition) is 3. The molecule has 0 heterocycles. The van der Waals surface area contributed by atoms with E-state index in [2.05, 4.69) is 5.32 Å². The summed E-state index contributed by atoms with van der Waals surface area (Å²) in [6, 6.07) is 12.1. The molecule has 0 aromatic heterocycles. The van der Waals surface area contributed by atoms with Crippen LogP contribution in [-0.4, -0.2) is 18.5 Å². The van der Waals surface area contributed by atoms with Crippen molar-refractivity contribution in [2.24, 2.45) is 0 Å². The SMILES string of the molecule is O=C(COC(=O)c1ccc2c3c(cccc13)CC2)Nc1cc(F)ccc1F. The fraction of sp³-hybridized carbons (Fsp3) is 0.143. The highest BCUT2D eigenvalue weighted by Crippen LogP contribution is 2.33. The highest BCUT2D eigenvalue weighted by molar-refractivity contribution is 6.07. The van der Waals surface area contributed by atoms with Gasteiger partial charge in [0.2, 0.25) is 0 Å². The molecule has 0 unspecified atom stereocenters. The molecule has 0 radical (unpaired) electrons. The van der Waals surface area contributed by atoms with E-state index in [0.717, 1.165) is 41.8 Å². The van der Waals surface area contributed by atoms with Gasteiger partial charge in [0.15, 0.2) is 6.61 Å². The van der Waals surface area contributed by atoms with Crippen molar-refractivity contribution in [3.05, 3.63) is 76.9 Å². The molecule has 3 aromatic rings. The van der Waals surface area contributed by atoms with Crippen LogP contribution in [0.3, 0.4) is 0 Å². The lowest BCUT2D eigenvalue weighted by molar-refractivity contribution is -0.119. The summed E-state index contributed by atoms with van der Waals surface area (Å²) < 4.78 is 31.8. The molecular formula is C21H15F2NO3. The molecule has 0 saturated carbocycles. The van der Waals surface area contributed by atoms with Crippen LogP contribution in [0, 0.1) is 11.6 Å². The van der Waals surface area contributed by atoms with Gasteiger partial charge in [0, 0.05) is 6.07 Å². The molecule has 3 aromatic carbocycles. The Balaban J connectivity index is 1.48. The largest absolute Gasteiger partial charge is 0.452 e. The summed E-state index contributed by atoms with van der Waals surface area (Å²) in [7, 11) is 0. The third-order valence-corrected chi connectivity index (χ3v) is 4.63. The van der Waals surface area contributed by atoms with Crippen molar-refractivity contribution in [2.75, 3.05) is 11.9 Å². The number of ether oxygens (including phenoxy) is 1. The molecule has 1 amide bonds. The molecule has 136 valence electrons. The molecule has 6 heteroatoms. The van der Waals surface area contributed by atoms with Gasteiger partial charge in [-0.15, -0.1) is 0 Å². The number of amides is 1. The van der Waals surface area contributed by atoms with E-state index in [4.69, 9.17) is 4.74 Å². The van der Waals surface area contributed by atoms with Crippen LogP contribution >= 0.6 is 0 Å². The van der Waals surface area contributed by atoms with Gasteiger partial charge in [-0.1, -0.05) is 24.3 Å². The average Bonchev–Trinajstić information content (AvgIpc) is 3.08. The zero-order valence-electron chi connectivity index (χ0n) is 14.2. The summed E-state index contributed by atoms with van der Waals surface area (Å²) in [6.07, 6.45) is 1.87. The van der Waals surface area contributed by atoms with Gasteiger partial charge >= 0.3 is 5.97 Å². The minimum absolute atomic E-state index is 0.304. The normalized spacial score (nSPS) is 12.2. The average molecular weight is 367 g/mol. The maximum Gasteiger partial charge on any atom is 0.339 e.